The van der Waals surface area contributed by atoms with Gasteiger partial charge in [0, 0.05) is 6.20 Å². The van der Waals surface area contributed by atoms with Gasteiger partial charge in [-0.2, -0.15) is 13.2 Å². The highest BCUT2D eigenvalue weighted by atomic mass is 35.5. The Balaban J connectivity index is 0.00000225. The molecule has 0 unspecified atom stereocenters. The quantitative estimate of drug-likeness (QED) is 0.638. The van der Waals surface area contributed by atoms with Crippen molar-refractivity contribution < 1.29 is 17.9 Å². The van der Waals surface area contributed by atoms with Gasteiger partial charge in [-0.3, -0.25) is 5.41 Å². The lowest BCUT2D eigenvalue weighted by Crippen LogP contribution is -2.22. The number of aromatic nitrogens is 1. The van der Waals surface area contributed by atoms with Crippen LogP contribution in [0.25, 0.3) is 0 Å². The highest BCUT2D eigenvalue weighted by molar-refractivity contribution is 5.96. The number of rotatable bonds is 3. The molecular formula is C8H9ClF3N3O. The molecule has 0 aliphatic heterocycles. The zero-order valence-electron chi connectivity index (χ0n) is 7.91. The van der Waals surface area contributed by atoms with Crippen molar-refractivity contribution in [1.29, 1.82) is 5.41 Å². The third-order valence-electron chi connectivity index (χ3n) is 1.43. The summed E-state index contributed by atoms with van der Waals surface area (Å²) < 4.78 is 39.9. The van der Waals surface area contributed by atoms with Gasteiger partial charge in [0.25, 0.3) is 0 Å². The fourth-order valence-corrected chi connectivity index (χ4v) is 0.861. The molecule has 1 aromatic rings. The summed E-state index contributed by atoms with van der Waals surface area (Å²) in [6.07, 6.45) is -3.18. The second kappa shape index (κ2) is 5.55. The summed E-state index contributed by atoms with van der Waals surface area (Å²) in [5.41, 5.74) is 5.18. The Morgan fingerprint density at radius 3 is 2.62 bits per heavy atom. The fraction of sp³-hybridized carbons (Fsp3) is 0.250. The summed E-state index contributed by atoms with van der Waals surface area (Å²) in [7, 11) is 0. The van der Waals surface area contributed by atoms with E-state index in [-0.39, 0.29) is 29.7 Å². The highest BCUT2D eigenvalue weighted by Gasteiger charge is 2.29. The molecule has 1 aromatic heterocycles. The number of nitrogen functional groups attached to an aromatic ring is 1. The number of hydrogen-bond donors (Lipinski definition) is 2. The molecule has 3 N–H and O–H groups in total. The van der Waals surface area contributed by atoms with Crippen molar-refractivity contribution >= 4 is 18.2 Å². The average molecular weight is 256 g/mol. The van der Waals surface area contributed by atoms with Crippen LogP contribution >= 0.6 is 12.4 Å². The molecule has 1 rings (SSSR count). The number of nitrogens with zero attached hydrogens (tertiary/aromatic N) is 1. The second-order valence-electron chi connectivity index (χ2n) is 2.67. The molecule has 8 heteroatoms. The van der Waals surface area contributed by atoms with Crippen LogP contribution < -0.4 is 10.5 Å². The van der Waals surface area contributed by atoms with Crippen LogP contribution in [0.15, 0.2) is 18.3 Å². The SMILES string of the molecule is Cl.N=C(N)c1cccnc1OCC(F)(F)F. The van der Waals surface area contributed by atoms with Gasteiger partial charge in [0.1, 0.15) is 5.84 Å². The molecule has 0 saturated carbocycles. The Morgan fingerprint density at radius 1 is 1.50 bits per heavy atom. The van der Waals surface area contributed by atoms with Gasteiger partial charge >= 0.3 is 6.18 Å². The minimum Gasteiger partial charge on any atom is -0.467 e. The minimum absolute atomic E-state index is 0. The van der Waals surface area contributed by atoms with Crippen molar-refractivity contribution in [2.24, 2.45) is 5.73 Å². The number of ether oxygens (including phenoxy) is 1. The summed E-state index contributed by atoms with van der Waals surface area (Å²) >= 11 is 0. The van der Waals surface area contributed by atoms with Crippen LogP contribution in [0.2, 0.25) is 0 Å². The van der Waals surface area contributed by atoms with E-state index >= 15 is 0 Å². The molecule has 1 heterocycles. The van der Waals surface area contributed by atoms with E-state index in [1.165, 1.54) is 18.3 Å². The predicted molar refractivity (Wildman–Crippen MR) is 54.1 cm³/mol. The van der Waals surface area contributed by atoms with Gasteiger partial charge in [0.2, 0.25) is 5.88 Å². The van der Waals surface area contributed by atoms with Gasteiger partial charge in [-0.1, -0.05) is 0 Å². The van der Waals surface area contributed by atoms with Crippen LogP contribution in [0.5, 0.6) is 5.88 Å². The molecule has 0 amide bonds. The first-order valence-corrected chi connectivity index (χ1v) is 3.89. The zero-order chi connectivity index (χ0) is 11.5. The average Bonchev–Trinajstić information content (AvgIpc) is 2.14. The summed E-state index contributed by atoms with van der Waals surface area (Å²) in [6.45, 7) is -1.45. The molecule has 0 radical (unpaired) electrons. The maximum Gasteiger partial charge on any atom is 0.422 e. The first kappa shape index (κ1) is 14.5. The van der Waals surface area contributed by atoms with Crippen molar-refractivity contribution in [3.05, 3.63) is 23.9 Å². The van der Waals surface area contributed by atoms with Gasteiger partial charge < -0.3 is 10.5 Å². The smallest absolute Gasteiger partial charge is 0.422 e. The molecular weight excluding hydrogens is 247 g/mol. The molecule has 0 saturated heterocycles. The van der Waals surface area contributed by atoms with Crippen molar-refractivity contribution in [2.45, 2.75) is 6.18 Å². The van der Waals surface area contributed by atoms with Crippen molar-refractivity contribution in [3.63, 3.8) is 0 Å². The Labute approximate surface area is 95.5 Å². The molecule has 0 aliphatic rings. The first-order chi connectivity index (χ1) is 6.90. The molecule has 16 heavy (non-hydrogen) atoms. The molecule has 90 valence electrons. The third kappa shape index (κ3) is 4.35. The Morgan fingerprint density at radius 2 is 2.12 bits per heavy atom. The van der Waals surface area contributed by atoms with E-state index in [1.807, 2.05) is 0 Å². The Bertz CT molecular complexity index is 370. The molecule has 0 spiro atoms. The van der Waals surface area contributed by atoms with Crippen LogP contribution in [0.3, 0.4) is 0 Å². The second-order valence-corrected chi connectivity index (χ2v) is 2.67. The molecule has 0 bridgehead atoms. The largest absolute Gasteiger partial charge is 0.467 e. The van der Waals surface area contributed by atoms with Crippen molar-refractivity contribution in [2.75, 3.05) is 6.61 Å². The van der Waals surface area contributed by atoms with Crippen LogP contribution in [0.4, 0.5) is 13.2 Å². The van der Waals surface area contributed by atoms with Crippen molar-refractivity contribution in [1.82, 2.24) is 4.98 Å². The first-order valence-electron chi connectivity index (χ1n) is 3.89. The van der Waals surface area contributed by atoms with E-state index in [0.29, 0.717) is 0 Å². The van der Waals surface area contributed by atoms with Gasteiger partial charge in [-0.05, 0) is 12.1 Å². The van der Waals surface area contributed by atoms with Gasteiger partial charge in [-0.15, -0.1) is 12.4 Å². The Kier molecular flexibility index (Phi) is 5.03. The lowest BCUT2D eigenvalue weighted by molar-refractivity contribution is -0.154. The predicted octanol–water partition coefficient (Wildman–Crippen LogP) is 1.73. The summed E-state index contributed by atoms with van der Waals surface area (Å²) in [6, 6.07) is 2.82. The standard InChI is InChI=1S/C8H8F3N3O.ClH/c9-8(10,11)4-15-7-5(6(12)13)2-1-3-14-7;/h1-3H,4H2,(H3,12,13);1H. The van der Waals surface area contributed by atoms with Crippen LogP contribution in [-0.4, -0.2) is 23.6 Å². The lowest BCUT2D eigenvalue weighted by Gasteiger charge is -2.10. The lowest BCUT2D eigenvalue weighted by atomic mass is 10.2. The van der Waals surface area contributed by atoms with E-state index in [1.54, 1.807) is 0 Å². The summed E-state index contributed by atoms with van der Waals surface area (Å²) in [4.78, 5) is 3.56. The number of halogens is 4. The van der Waals surface area contributed by atoms with Crippen LogP contribution in [-0.2, 0) is 0 Å². The van der Waals surface area contributed by atoms with E-state index < -0.39 is 12.8 Å². The van der Waals surface area contributed by atoms with Gasteiger partial charge in [0.05, 0.1) is 5.56 Å². The monoisotopic (exact) mass is 255 g/mol. The zero-order valence-corrected chi connectivity index (χ0v) is 8.73. The minimum atomic E-state index is -4.44. The number of nitrogens with one attached hydrogen (secondary N) is 1. The van der Waals surface area contributed by atoms with Gasteiger partial charge in [-0.25, -0.2) is 4.98 Å². The number of pyridine rings is 1. The van der Waals surface area contributed by atoms with Crippen molar-refractivity contribution in [3.8, 4) is 5.88 Å². The van der Waals surface area contributed by atoms with Crippen LogP contribution in [0, 0.1) is 5.41 Å². The van der Waals surface area contributed by atoms with E-state index in [4.69, 9.17) is 11.1 Å². The maximum absolute atomic E-state index is 11.8. The topological polar surface area (TPSA) is 72.0 Å². The summed E-state index contributed by atoms with van der Waals surface area (Å²) in [5.74, 6) is -0.678. The molecule has 4 nitrogen and oxygen atoms in total. The normalized spacial score (nSPS) is 10.4. The molecule has 0 aromatic carbocycles. The third-order valence-corrected chi connectivity index (χ3v) is 1.43. The number of nitrogens with two attached hydrogens (primary N) is 1. The van der Waals surface area contributed by atoms with E-state index in [0.717, 1.165) is 0 Å². The molecule has 0 aliphatic carbocycles. The number of hydrogen-bond acceptors (Lipinski definition) is 3. The van der Waals surface area contributed by atoms with Crippen LogP contribution in [0.1, 0.15) is 5.56 Å². The number of amidine groups is 1. The van der Waals surface area contributed by atoms with E-state index in [2.05, 4.69) is 9.72 Å². The molecule has 0 fully saturated rings. The molecule has 0 atom stereocenters. The fourth-order valence-electron chi connectivity index (χ4n) is 0.861. The maximum atomic E-state index is 11.8. The van der Waals surface area contributed by atoms with E-state index in [9.17, 15) is 13.2 Å². The highest BCUT2D eigenvalue weighted by Crippen LogP contribution is 2.19. The van der Waals surface area contributed by atoms with Gasteiger partial charge in [0.15, 0.2) is 6.61 Å². The Hall–Kier alpha value is -1.50. The number of alkyl halides is 3. The summed E-state index contributed by atoms with van der Waals surface area (Å²) in [5, 5.41) is 7.09.